The molecule has 6 rings (SSSR count). The van der Waals surface area contributed by atoms with Crippen LogP contribution in [0.3, 0.4) is 0 Å². The Labute approximate surface area is 196 Å². The van der Waals surface area contributed by atoms with Gasteiger partial charge in [0.1, 0.15) is 5.75 Å². The van der Waals surface area contributed by atoms with Crippen LogP contribution >= 0.6 is 0 Å². The highest BCUT2D eigenvalue weighted by Crippen LogP contribution is 2.61. The van der Waals surface area contributed by atoms with Gasteiger partial charge in [0.05, 0.1) is 0 Å². The second-order valence-corrected chi connectivity index (χ2v) is 10.1. The Morgan fingerprint density at radius 1 is 1.03 bits per heavy atom. The fraction of sp³-hybridized carbons (Fsp3) is 0.483. The minimum absolute atomic E-state index is 0.159. The number of aldehydes is 1. The molecule has 2 aromatic carbocycles. The molecule has 0 aliphatic heterocycles. The summed E-state index contributed by atoms with van der Waals surface area (Å²) in [6.07, 6.45) is 8.48. The van der Waals surface area contributed by atoms with Crippen molar-refractivity contribution < 1.29 is 19.0 Å². The quantitative estimate of drug-likeness (QED) is 0.312. The summed E-state index contributed by atoms with van der Waals surface area (Å²) in [5, 5.41) is 0. The second kappa shape index (κ2) is 9.33. The third-order valence-electron chi connectivity index (χ3n) is 7.87. The van der Waals surface area contributed by atoms with Crippen LogP contribution in [-0.2, 0) is 14.9 Å². The van der Waals surface area contributed by atoms with Crippen LogP contribution in [0.15, 0.2) is 42.5 Å². The number of hydrogen-bond acceptors (Lipinski definition) is 4. The van der Waals surface area contributed by atoms with E-state index in [1.54, 1.807) is 13.2 Å². The first-order valence-electron chi connectivity index (χ1n) is 12.1. The van der Waals surface area contributed by atoms with Gasteiger partial charge in [-0.2, -0.15) is 0 Å². The first kappa shape index (κ1) is 22.2. The Morgan fingerprint density at radius 3 is 2.39 bits per heavy atom. The number of carbonyl (C=O) groups is 1. The Hall–Kier alpha value is -2.61. The van der Waals surface area contributed by atoms with E-state index in [1.165, 1.54) is 44.1 Å². The molecule has 1 atom stereocenters. The molecule has 0 heterocycles. The normalized spacial score (nSPS) is 28.1. The van der Waals surface area contributed by atoms with E-state index in [0.29, 0.717) is 5.56 Å². The molecule has 0 radical (unpaired) electrons. The van der Waals surface area contributed by atoms with E-state index in [-0.39, 0.29) is 18.5 Å². The maximum atomic E-state index is 11.4. The molecule has 0 amide bonds. The van der Waals surface area contributed by atoms with Gasteiger partial charge in [0, 0.05) is 29.4 Å². The fourth-order valence-electron chi connectivity index (χ4n) is 6.70. The van der Waals surface area contributed by atoms with Crippen LogP contribution in [0.25, 0.3) is 0 Å². The van der Waals surface area contributed by atoms with Gasteiger partial charge in [0.15, 0.2) is 19.4 Å². The van der Waals surface area contributed by atoms with Gasteiger partial charge in [-0.05, 0) is 92.9 Å². The minimum Gasteiger partial charge on any atom is -0.467 e. The summed E-state index contributed by atoms with van der Waals surface area (Å²) in [4.78, 5) is 11.4. The monoisotopic (exact) mass is 444 g/mol. The number of ether oxygens (including phenoxy) is 3. The number of rotatable bonds is 7. The summed E-state index contributed by atoms with van der Waals surface area (Å²) >= 11 is 0. The molecule has 1 unspecified atom stereocenters. The van der Waals surface area contributed by atoms with Crippen LogP contribution < -0.4 is 4.74 Å². The molecule has 172 valence electrons. The highest BCUT2D eigenvalue weighted by molar-refractivity contribution is 5.79. The third-order valence-corrected chi connectivity index (χ3v) is 7.87. The molecule has 4 nitrogen and oxygen atoms in total. The molecular weight excluding hydrogens is 412 g/mol. The van der Waals surface area contributed by atoms with Gasteiger partial charge in [-0.1, -0.05) is 30.0 Å². The van der Waals surface area contributed by atoms with Crippen LogP contribution in [0.2, 0.25) is 0 Å². The van der Waals surface area contributed by atoms with Crippen molar-refractivity contribution in [3.8, 4) is 17.6 Å². The van der Waals surface area contributed by atoms with Crippen LogP contribution in [-0.4, -0.2) is 26.5 Å². The second-order valence-electron chi connectivity index (χ2n) is 10.1. The van der Waals surface area contributed by atoms with Gasteiger partial charge in [-0.15, -0.1) is 0 Å². The smallest absolute Gasteiger partial charge is 0.191 e. The summed E-state index contributed by atoms with van der Waals surface area (Å²) < 4.78 is 17.0. The largest absolute Gasteiger partial charge is 0.467 e. The topological polar surface area (TPSA) is 44.8 Å². The zero-order chi connectivity index (χ0) is 22.8. The number of methoxy groups -OCH3 is 1. The number of benzene rings is 2. The van der Waals surface area contributed by atoms with Gasteiger partial charge in [-0.3, -0.25) is 4.79 Å². The average Bonchev–Trinajstić information content (AvgIpc) is 2.82. The van der Waals surface area contributed by atoms with Gasteiger partial charge in [-0.25, -0.2) is 0 Å². The van der Waals surface area contributed by atoms with Crippen LogP contribution in [0.1, 0.15) is 72.5 Å². The molecule has 4 heteroatoms. The first-order chi connectivity index (χ1) is 16.1. The lowest BCUT2D eigenvalue weighted by atomic mass is 9.48. The molecule has 0 spiro atoms. The van der Waals surface area contributed by atoms with Crippen LogP contribution in [0, 0.1) is 29.6 Å². The van der Waals surface area contributed by atoms with Crippen molar-refractivity contribution in [3.05, 3.63) is 64.7 Å². The Balaban J connectivity index is 1.48. The van der Waals surface area contributed by atoms with Gasteiger partial charge in [0.2, 0.25) is 0 Å². The zero-order valence-electron chi connectivity index (χ0n) is 19.5. The van der Waals surface area contributed by atoms with Crippen molar-refractivity contribution in [2.24, 2.45) is 17.8 Å². The SMILES string of the molecule is COC(C)OCOc1ccc(C#Cc2ccccc2C=O)cc1C12CC3CC(CC(C3)C1)C2. The van der Waals surface area contributed by atoms with E-state index < -0.39 is 0 Å². The van der Waals surface area contributed by atoms with E-state index in [4.69, 9.17) is 14.2 Å². The maximum Gasteiger partial charge on any atom is 0.191 e. The predicted molar refractivity (Wildman–Crippen MR) is 127 cm³/mol. The van der Waals surface area contributed by atoms with Crippen molar-refractivity contribution in [3.63, 3.8) is 0 Å². The van der Waals surface area contributed by atoms with E-state index in [0.717, 1.165) is 40.9 Å². The lowest BCUT2D eigenvalue weighted by molar-refractivity contribution is -0.150. The summed E-state index contributed by atoms with van der Waals surface area (Å²) in [5.41, 5.74) is 3.79. The third kappa shape index (κ3) is 4.58. The molecule has 4 aliphatic carbocycles. The highest BCUT2D eigenvalue weighted by Gasteiger charge is 2.52. The van der Waals surface area contributed by atoms with Crippen molar-refractivity contribution in [2.75, 3.05) is 13.9 Å². The van der Waals surface area contributed by atoms with Gasteiger partial charge in [0.25, 0.3) is 0 Å². The van der Waals surface area contributed by atoms with Gasteiger partial charge < -0.3 is 14.2 Å². The highest BCUT2D eigenvalue weighted by atomic mass is 16.7. The van der Waals surface area contributed by atoms with Gasteiger partial charge >= 0.3 is 0 Å². The predicted octanol–water partition coefficient (Wildman–Crippen LogP) is 5.71. The lowest BCUT2D eigenvalue weighted by Gasteiger charge is -2.57. The molecule has 4 aliphatic rings. The average molecular weight is 445 g/mol. The summed E-state index contributed by atoms with van der Waals surface area (Å²) in [7, 11) is 1.63. The molecule has 0 aromatic heterocycles. The molecular formula is C29H32O4. The molecule has 4 saturated carbocycles. The summed E-state index contributed by atoms with van der Waals surface area (Å²) in [6, 6.07) is 13.8. The number of hydrogen-bond donors (Lipinski definition) is 0. The molecule has 33 heavy (non-hydrogen) atoms. The lowest BCUT2D eigenvalue weighted by Crippen LogP contribution is -2.48. The van der Waals surface area contributed by atoms with Crippen molar-refractivity contribution in [2.45, 2.75) is 57.2 Å². The minimum atomic E-state index is -0.309. The Bertz CT molecular complexity index is 1040. The first-order valence-corrected chi connectivity index (χ1v) is 12.1. The van der Waals surface area contributed by atoms with Crippen LogP contribution in [0.5, 0.6) is 5.75 Å². The van der Waals surface area contributed by atoms with E-state index in [1.807, 2.05) is 37.3 Å². The standard InChI is InChI=1S/C29H32O4/c1-20(31-2)32-19-33-28-10-8-21(7-9-25-5-3-4-6-26(25)18-30)14-27(28)29-15-22-11-23(16-29)13-24(12-22)17-29/h3-6,8,10,14,18,20,22-24H,11-13,15-17,19H2,1-2H3. The van der Waals surface area contributed by atoms with E-state index in [9.17, 15) is 4.79 Å². The van der Waals surface area contributed by atoms with Crippen molar-refractivity contribution >= 4 is 6.29 Å². The van der Waals surface area contributed by atoms with E-state index >= 15 is 0 Å². The molecule has 4 bridgehead atoms. The maximum absolute atomic E-state index is 11.4. The van der Waals surface area contributed by atoms with E-state index in [2.05, 4.69) is 17.9 Å². The molecule has 4 fully saturated rings. The van der Waals surface area contributed by atoms with Crippen LogP contribution in [0.4, 0.5) is 0 Å². The Kier molecular flexibility index (Phi) is 6.27. The summed E-state index contributed by atoms with van der Waals surface area (Å²) in [6.45, 7) is 2.02. The molecule has 0 N–H and O–H groups in total. The zero-order valence-corrected chi connectivity index (χ0v) is 19.5. The van der Waals surface area contributed by atoms with Crippen molar-refractivity contribution in [1.82, 2.24) is 0 Å². The van der Waals surface area contributed by atoms with Crippen molar-refractivity contribution in [1.29, 1.82) is 0 Å². The molecule has 2 aromatic rings. The fourth-order valence-corrected chi connectivity index (χ4v) is 6.70. The summed E-state index contributed by atoms with van der Waals surface area (Å²) in [5.74, 6) is 9.92. The Morgan fingerprint density at radius 2 is 1.73 bits per heavy atom. The molecule has 0 saturated heterocycles. The number of carbonyl (C=O) groups excluding carboxylic acids is 1.